The lowest BCUT2D eigenvalue weighted by molar-refractivity contribution is -0.123. The van der Waals surface area contributed by atoms with Crippen LogP contribution in [0.4, 0.5) is 0 Å². The normalized spacial score (nSPS) is 22.8. The molecule has 1 aromatic heterocycles. The molecule has 1 aliphatic rings. The second-order valence-electron chi connectivity index (χ2n) is 5.44. The van der Waals surface area contributed by atoms with Crippen molar-refractivity contribution in [3.63, 3.8) is 0 Å². The molecule has 5 nitrogen and oxygen atoms in total. The second-order valence-corrected chi connectivity index (χ2v) is 6.60. The van der Waals surface area contributed by atoms with Gasteiger partial charge in [0.2, 0.25) is 5.91 Å². The van der Waals surface area contributed by atoms with Gasteiger partial charge in [-0.25, -0.2) is 0 Å². The van der Waals surface area contributed by atoms with Crippen molar-refractivity contribution in [2.75, 3.05) is 0 Å². The van der Waals surface area contributed by atoms with Gasteiger partial charge in [0, 0.05) is 23.5 Å². The zero-order chi connectivity index (χ0) is 14.7. The van der Waals surface area contributed by atoms with Crippen molar-refractivity contribution in [3.05, 3.63) is 20.2 Å². The molecule has 0 spiro atoms. The van der Waals surface area contributed by atoms with E-state index in [0.717, 1.165) is 36.3 Å². The van der Waals surface area contributed by atoms with Crippen LogP contribution in [0.3, 0.4) is 0 Å². The van der Waals surface area contributed by atoms with Gasteiger partial charge < -0.3 is 15.0 Å². The molecule has 0 saturated heterocycles. The second kappa shape index (κ2) is 6.54. The number of aliphatic hydroxyl groups excluding tert-OH is 1. The molecule has 1 amide bonds. The first-order valence-corrected chi connectivity index (χ1v) is 7.95. The van der Waals surface area contributed by atoms with Gasteiger partial charge in [-0.15, -0.1) is 0 Å². The molecule has 20 heavy (non-hydrogen) atoms. The highest BCUT2D eigenvalue weighted by Gasteiger charge is 2.24. The van der Waals surface area contributed by atoms with Crippen molar-refractivity contribution in [2.45, 2.75) is 64.6 Å². The molecule has 1 fully saturated rings. The van der Waals surface area contributed by atoms with E-state index in [0.29, 0.717) is 6.54 Å². The lowest BCUT2D eigenvalue weighted by atomic mass is 9.92. The van der Waals surface area contributed by atoms with Crippen molar-refractivity contribution < 1.29 is 9.90 Å². The van der Waals surface area contributed by atoms with Crippen LogP contribution >= 0.6 is 11.3 Å². The molecule has 0 aliphatic heterocycles. The van der Waals surface area contributed by atoms with Crippen LogP contribution in [0.25, 0.3) is 0 Å². The zero-order valence-electron chi connectivity index (χ0n) is 12.0. The number of aliphatic hydroxyl groups is 1. The molecule has 2 rings (SSSR count). The van der Waals surface area contributed by atoms with E-state index in [9.17, 15) is 14.7 Å². The lowest BCUT2D eigenvalue weighted by Crippen LogP contribution is -2.45. The first kappa shape index (κ1) is 15.3. The standard InChI is InChI=1S/C14H22N2O3S/c1-9-10(2)20-14(19)16(9)8-7-13(18)15-11-5-3-4-6-12(11)17/h11-12,17H,3-8H2,1-2H3,(H,15,18). The maximum atomic E-state index is 11.9. The molecule has 1 aromatic rings. The van der Waals surface area contributed by atoms with Crippen LogP contribution in [0.2, 0.25) is 0 Å². The third-order valence-electron chi connectivity index (χ3n) is 4.01. The van der Waals surface area contributed by atoms with Gasteiger partial charge in [-0.2, -0.15) is 0 Å². The lowest BCUT2D eigenvalue weighted by Gasteiger charge is -2.28. The summed E-state index contributed by atoms with van der Waals surface area (Å²) in [5, 5.41) is 12.7. The fourth-order valence-electron chi connectivity index (χ4n) is 2.62. The highest BCUT2D eigenvalue weighted by atomic mass is 32.1. The fraction of sp³-hybridized carbons (Fsp3) is 0.714. The summed E-state index contributed by atoms with van der Waals surface area (Å²) < 4.78 is 1.65. The summed E-state index contributed by atoms with van der Waals surface area (Å²) in [6, 6.07) is -0.127. The molecule has 0 bridgehead atoms. The largest absolute Gasteiger partial charge is 0.391 e. The number of nitrogens with one attached hydrogen (secondary N) is 1. The highest BCUT2D eigenvalue weighted by Crippen LogP contribution is 2.18. The molecule has 0 radical (unpaired) electrons. The van der Waals surface area contributed by atoms with E-state index < -0.39 is 6.10 Å². The Morgan fingerprint density at radius 2 is 2.10 bits per heavy atom. The highest BCUT2D eigenvalue weighted by molar-refractivity contribution is 7.09. The third kappa shape index (κ3) is 3.49. The van der Waals surface area contributed by atoms with Gasteiger partial charge in [0.15, 0.2) is 0 Å². The van der Waals surface area contributed by atoms with Crippen molar-refractivity contribution in [1.82, 2.24) is 9.88 Å². The number of carbonyl (C=O) groups is 1. The number of nitrogens with zero attached hydrogens (tertiary/aromatic N) is 1. The molecule has 0 aromatic carbocycles. The third-order valence-corrected chi connectivity index (χ3v) is 5.01. The van der Waals surface area contributed by atoms with E-state index in [2.05, 4.69) is 5.32 Å². The summed E-state index contributed by atoms with van der Waals surface area (Å²) in [4.78, 5) is 24.6. The van der Waals surface area contributed by atoms with Crippen LogP contribution < -0.4 is 10.2 Å². The van der Waals surface area contributed by atoms with Gasteiger partial charge in [-0.3, -0.25) is 9.59 Å². The molecule has 112 valence electrons. The number of amides is 1. The van der Waals surface area contributed by atoms with Crippen molar-refractivity contribution >= 4 is 17.2 Å². The number of hydrogen-bond acceptors (Lipinski definition) is 4. The average Bonchev–Trinajstić information content (AvgIpc) is 2.64. The molecular formula is C14H22N2O3S. The summed E-state index contributed by atoms with van der Waals surface area (Å²) in [7, 11) is 0. The summed E-state index contributed by atoms with van der Waals surface area (Å²) in [6.07, 6.45) is 3.51. The van der Waals surface area contributed by atoms with E-state index in [4.69, 9.17) is 0 Å². The molecule has 2 unspecified atom stereocenters. The number of aromatic nitrogens is 1. The summed E-state index contributed by atoms with van der Waals surface area (Å²) in [6.45, 7) is 4.22. The number of hydrogen-bond donors (Lipinski definition) is 2. The number of thiazole rings is 1. The monoisotopic (exact) mass is 298 g/mol. The van der Waals surface area contributed by atoms with Crippen LogP contribution in [0.1, 0.15) is 42.7 Å². The molecule has 1 saturated carbocycles. The van der Waals surface area contributed by atoms with Gasteiger partial charge >= 0.3 is 4.87 Å². The van der Waals surface area contributed by atoms with Gasteiger partial charge in [0.25, 0.3) is 0 Å². The van der Waals surface area contributed by atoms with Crippen LogP contribution in [0.15, 0.2) is 4.79 Å². The smallest absolute Gasteiger partial charge is 0.307 e. The number of rotatable bonds is 4. The molecule has 1 aliphatic carbocycles. The Kier molecular flexibility index (Phi) is 4.99. The maximum absolute atomic E-state index is 11.9. The fourth-order valence-corrected chi connectivity index (χ4v) is 3.48. The Balaban J connectivity index is 1.87. The van der Waals surface area contributed by atoms with Crippen molar-refractivity contribution in [2.24, 2.45) is 0 Å². The number of aryl methyl sites for hydroxylation is 1. The Morgan fingerprint density at radius 1 is 1.40 bits per heavy atom. The van der Waals surface area contributed by atoms with E-state index in [1.807, 2.05) is 13.8 Å². The van der Waals surface area contributed by atoms with Crippen LogP contribution in [-0.2, 0) is 11.3 Å². The van der Waals surface area contributed by atoms with E-state index >= 15 is 0 Å². The van der Waals surface area contributed by atoms with Crippen LogP contribution in [-0.4, -0.2) is 27.7 Å². The first-order chi connectivity index (χ1) is 9.49. The van der Waals surface area contributed by atoms with E-state index in [1.165, 1.54) is 11.3 Å². The van der Waals surface area contributed by atoms with Crippen molar-refractivity contribution in [1.29, 1.82) is 0 Å². The zero-order valence-corrected chi connectivity index (χ0v) is 12.8. The van der Waals surface area contributed by atoms with E-state index in [-0.39, 0.29) is 23.2 Å². The molecule has 1 heterocycles. The summed E-state index contributed by atoms with van der Waals surface area (Å²) in [5.74, 6) is -0.0916. The van der Waals surface area contributed by atoms with Crippen LogP contribution in [0.5, 0.6) is 0 Å². The van der Waals surface area contributed by atoms with Gasteiger partial charge in [-0.1, -0.05) is 24.2 Å². The predicted molar refractivity (Wildman–Crippen MR) is 79.1 cm³/mol. The molecule has 2 atom stereocenters. The summed E-state index contributed by atoms with van der Waals surface area (Å²) >= 11 is 1.22. The minimum absolute atomic E-state index is 0.00880. The Labute approximate surface area is 122 Å². The van der Waals surface area contributed by atoms with Gasteiger partial charge in [0.1, 0.15) is 0 Å². The Morgan fingerprint density at radius 3 is 2.70 bits per heavy atom. The Bertz CT molecular complexity index is 535. The van der Waals surface area contributed by atoms with Crippen LogP contribution in [0, 0.1) is 13.8 Å². The molecule has 6 heteroatoms. The summed E-state index contributed by atoms with van der Waals surface area (Å²) in [5.41, 5.74) is 0.936. The van der Waals surface area contributed by atoms with Gasteiger partial charge in [-0.05, 0) is 26.7 Å². The minimum atomic E-state index is -0.430. The van der Waals surface area contributed by atoms with Crippen molar-refractivity contribution in [3.8, 4) is 0 Å². The molecular weight excluding hydrogens is 276 g/mol. The minimum Gasteiger partial charge on any atom is -0.391 e. The number of carbonyl (C=O) groups excluding carboxylic acids is 1. The van der Waals surface area contributed by atoms with E-state index in [1.54, 1.807) is 4.57 Å². The quantitative estimate of drug-likeness (QED) is 0.881. The Hall–Kier alpha value is -1.14. The van der Waals surface area contributed by atoms with Gasteiger partial charge in [0.05, 0.1) is 12.1 Å². The first-order valence-electron chi connectivity index (χ1n) is 7.13. The SMILES string of the molecule is Cc1sc(=O)n(CCC(=O)NC2CCCCC2O)c1C. The maximum Gasteiger partial charge on any atom is 0.307 e. The average molecular weight is 298 g/mol. The topological polar surface area (TPSA) is 71.3 Å². The predicted octanol–water partition coefficient (Wildman–Crippen LogP) is 1.34. The molecule has 2 N–H and O–H groups in total.